The number of hydrogen-bond acceptors (Lipinski definition) is 5. The third kappa shape index (κ3) is 1.11. The third-order valence-electron chi connectivity index (χ3n) is 4.18. The van der Waals surface area contributed by atoms with Gasteiger partial charge in [0.15, 0.2) is 0 Å². The van der Waals surface area contributed by atoms with Gasteiger partial charge in [-0.2, -0.15) is 0 Å². The van der Waals surface area contributed by atoms with Gasteiger partial charge in [0, 0.05) is 0 Å². The molecule has 1 saturated heterocycles. The van der Waals surface area contributed by atoms with Crippen molar-refractivity contribution < 1.29 is 9.59 Å². The van der Waals surface area contributed by atoms with Crippen LogP contribution < -0.4 is 4.90 Å². The summed E-state index contributed by atoms with van der Waals surface area (Å²) in [7, 11) is 0. The van der Waals surface area contributed by atoms with Crippen LogP contribution in [0.3, 0.4) is 0 Å². The van der Waals surface area contributed by atoms with Gasteiger partial charge in [-0.15, -0.1) is 10.2 Å². The molecule has 18 heavy (non-hydrogen) atoms. The molecular formula is C12H11N3O2S. The van der Waals surface area contributed by atoms with Gasteiger partial charge in [-0.3, -0.25) is 9.59 Å². The van der Waals surface area contributed by atoms with Gasteiger partial charge >= 0.3 is 0 Å². The summed E-state index contributed by atoms with van der Waals surface area (Å²) in [5.41, 5.74) is 0. The fourth-order valence-corrected chi connectivity index (χ4v) is 4.17. The molecule has 0 spiro atoms. The Morgan fingerprint density at radius 3 is 2.28 bits per heavy atom. The maximum Gasteiger partial charge on any atom is 0.240 e. The summed E-state index contributed by atoms with van der Waals surface area (Å²) in [6.45, 7) is 1.82. The van der Waals surface area contributed by atoms with E-state index in [2.05, 4.69) is 22.3 Å². The number of aryl methyl sites for hydroxylation is 1. The Morgan fingerprint density at radius 2 is 1.78 bits per heavy atom. The number of nitrogens with zero attached hydrogens (tertiary/aromatic N) is 3. The first-order valence-electron chi connectivity index (χ1n) is 6.03. The summed E-state index contributed by atoms with van der Waals surface area (Å²) >= 11 is 1.30. The van der Waals surface area contributed by atoms with Gasteiger partial charge in [0.2, 0.25) is 16.9 Å². The second-order valence-corrected chi connectivity index (χ2v) is 6.28. The quantitative estimate of drug-likeness (QED) is 0.562. The van der Waals surface area contributed by atoms with Crippen LogP contribution in [0.2, 0.25) is 0 Å². The molecular weight excluding hydrogens is 250 g/mol. The van der Waals surface area contributed by atoms with Gasteiger partial charge in [-0.25, -0.2) is 4.90 Å². The number of carbonyl (C=O) groups is 2. The smallest absolute Gasteiger partial charge is 0.240 e. The van der Waals surface area contributed by atoms with Crippen molar-refractivity contribution >= 4 is 28.3 Å². The highest BCUT2D eigenvalue weighted by Crippen LogP contribution is 2.53. The minimum atomic E-state index is -0.156. The number of allylic oxidation sites excluding steroid dienone is 2. The molecule has 1 aromatic heterocycles. The molecule has 2 aliphatic carbocycles. The molecule has 1 aromatic rings. The average Bonchev–Trinajstić information content (AvgIpc) is 3.05. The van der Waals surface area contributed by atoms with Crippen molar-refractivity contribution in [2.45, 2.75) is 13.3 Å². The molecule has 0 aromatic carbocycles. The largest absolute Gasteiger partial charge is 0.274 e. The molecule has 2 fully saturated rings. The highest BCUT2D eigenvalue weighted by atomic mass is 32.1. The predicted octanol–water partition coefficient (Wildman–Crippen LogP) is 1.16. The number of fused-ring (bicyclic) bond motifs is 5. The van der Waals surface area contributed by atoms with Crippen molar-refractivity contribution in [3.05, 3.63) is 17.2 Å². The van der Waals surface area contributed by atoms with Crippen molar-refractivity contribution in [1.82, 2.24) is 10.2 Å². The molecule has 6 heteroatoms. The molecule has 1 aliphatic heterocycles. The predicted molar refractivity (Wildman–Crippen MR) is 64.9 cm³/mol. The summed E-state index contributed by atoms with van der Waals surface area (Å²) in [5.74, 6) is 0.00958. The zero-order valence-electron chi connectivity index (χ0n) is 9.74. The van der Waals surface area contributed by atoms with Crippen LogP contribution in [0.25, 0.3) is 0 Å². The standard InChI is InChI=1S/C12H11N3O2S/c1-5-13-14-12(18-5)15-10(16)8-6-2-3-7(4-6)9(8)11(15)17/h2-3,6-9H,4H2,1H3/t6-,7-,8-,9+/m1/s1. The lowest BCUT2D eigenvalue weighted by Gasteiger charge is -2.14. The highest BCUT2D eigenvalue weighted by Gasteiger charge is 2.60. The van der Waals surface area contributed by atoms with E-state index in [4.69, 9.17) is 0 Å². The van der Waals surface area contributed by atoms with Crippen LogP contribution in [0.15, 0.2) is 12.2 Å². The van der Waals surface area contributed by atoms with Crippen LogP contribution in [-0.2, 0) is 9.59 Å². The van der Waals surface area contributed by atoms with E-state index >= 15 is 0 Å². The lowest BCUT2D eigenvalue weighted by atomic mass is 9.85. The normalized spacial score (nSPS) is 36.8. The molecule has 0 radical (unpaired) electrons. The lowest BCUT2D eigenvalue weighted by Crippen LogP contribution is -2.32. The number of hydrogen-bond donors (Lipinski definition) is 0. The van der Waals surface area contributed by atoms with Crippen molar-refractivity contribution in [1.29, 1.82) is 0 Å². The van der Waals surface area contributed by atoms with Gasteiger partial charge in [-0.05, 0) is 25.2 Å². The Balaban J connectivity index is 1.76. The number of anilines is 1. The van der Waals surface area contributed by atoms with Gasteiger partial charge in [0.1, 0.15) is 5.01 Å². The van der Waals surface area contributed by atoms with Crippen LogP contribution in [-0.4, -0.2) is 22.0 Å². The van der Waals surface area contributed by atoms with E-state index in [-0.39, 0.29) is 35.5 Å². The summed E-state index contributed by atoms with van der Waals surface area (Å²) in [5, 5.41) is 9.01. The van der Waals surface area contributed by atoms with Crippen molar-refractivity contribution in [2.75, 3.05) is 4.90 Å². The molecule has 4 rings (SSSR count). The Kier molecular flexibility index (Phi) is 1.88. The van der Waals surface area contributed by atoms with Crippen LogP contribution in [0.4, 0.5) is 5.13 Å². The van der Waals surface area contributed by atoms with Crippen molar-refractivity contribution in [3.63, 3.8) is 0 Å². The molecule has 0 unspecified atom stereocenters. The fraction of sp³-hybridized carbons (Fsp3) is 0.500. The molecule has 2 bridgehead atoms. The monoisotopic (exact) mass is 261 g/mol. The Labute approximate surface area is 108 Å². The Bertz CT molecular complexity index is 564. The molecule has 0 N–H and O–H groups in total. The number of amides is 2. The first-order chi connectivity index (χ1) is 8.66. The minimum Gasteiger partial charge on any atom is -0.274 e. The van der Waals surface area contributed by atoms with Gasteiger partial charge in [0.05, 0.1) is 11.8 Å². The van der Waals surface area contributed by atoms with E-state index in [1.54, 1.807) is 0 Å². The van der Waals surface area contributed by atoms with Gasteiger partial charge in [-0.1, -0.05) is 23.5 Å². The van der Waals surface area contributed by atoms with Crippen molar-refractivity contribution in [3.8, 4) is 0 Å². The van der Waals surface area contributed by atoms with Crippen molar-refractivity contribution in [2.24, 2.45) is 23.7 Å². The van der Waals surface area contributed by atoms with E-state index in [1.807, 2.05) is 6.92 Å². The maximum atomic E-state index is 12.4. The summed E-state index contributed by atoms with van der Waals surface area (Å²) in [6.07, 6.45) is 5.13. The summed E-state index contributed by atoms with van der Waals surface area (Å²) in [6, 6.07) is 0. The van der Waals surface area contributed by atoms with Gasteiger partial charge < -0.3 is 0 Å². The molecule has 3 aliphatic rings. The summed E-state index contributed by atoms with van der Waals surface area (Å²) in [4.78, 5) is 26.1. The first-order valence-corrected chi connectivity index (χ1v) is 6.84. The topological polar surface area (TPSA) is 63.2 Å². The number of aromatic nitrogens is 2. The van der Waals surface area contributed by atoms with E-state index in [0.29, 0.717) is 5.13 Å². The zero-order chi connectivity index (χ0) is 12.4. The number of carbonyl (C=O) groups excluding carboxylic acids is 2. The molecule has 2 heterocycles. The van der Waals surface area contributed by atoms with E-state index in [1.165, 1.54) is 16.2 Å². The van der Waals surface area contributed by atoms with Crippen LogP contribution in [0, 0.1) is 30.6 Å². The highest BCUT2D eigenvalue weighted by molar-refractivity contribution is 7.15. The number of imide groups is 1. The van der Waals surface area contributed by atoms with E-state index < -0.39 is 0 Å². The Morgan fingerprint density at radius 1 is 1.17 bits per heavy atom. The SMILES string of the molecule is Cc1nnc(N2C(=O)[C@@H]3[C@H](C2=O)[C@@H]2C=C[C@@H]3C2)s1. The minimum absolute atomic E-state index is 0.0852. The maximum absolute atomic E-state index is 12.4. The van der Waals surface area contributed by atoms with Crippen LogP contribution in [0.5, 0.6) is 0 Å². The third-order valence-corrected chi connectivity index (χ3v) is 5.00. The first kappa shape index (κ1) is 10.4. The molecule has 2 amide bonds. The summed E-state index contributed by atoms with van der Waals surface area (Å²) < 4.78 is 0. The van der Waals surface area contributed by atoms with E-state index in [0.717, 1.165) is 11.4 Å². The number of rotatable bonds is 1. The molecule has 92 valence electrons. The zero-order valence-corrected chi connectivity index (χ0v) is 10.6. The fourth-order valence-electron chi connectivity index (χ4n) is 3.47. The second-order valence-electron chi connectivity index (χ2n) is 5.12. The van der Waals surface area contributed by atoms with Gasteiger partial charge in [0.25, 0.3) is 0 Å². The second kappa shape index (κ2) is 3.26. The molecule has 4 atom stereocenters. The van der Waals surface area contributed by atoms with Crippen LogP contribution in [0.1, 0.15) is 11.4 Å². The Hall–Kier alpha value is -1.56. The van der Waals surface area contributed by atoms with Crippen LogP contribution >= 0.6 is 11.3 Å². The lowest BCUT2D eigenvalue weighted by molar-refractivity contribution is -0.123. The molecule has 5 nitrogen and oxygen atoms in total. The average molecular weight is 261 g/mol. The molecule has 1 saturated carbocycles. The van der Waals surface area contributed by atoms with E-state index in [9.17, 15) is 9.59 Å².